The smallest absolute Gasteiger partial charge is 0.308 e. The Morgan fingerprint density at radius 1 is 1.42 bits per heavy atom. The minimum absolute atomic E-state index is 0.0131. The Hall–Kier alpha value is -1.95. The molecule has 6 heteroatoms. The number of rotatable bonds is 4. The molecule has 1 atom stereocenters. The van der Waals surface area contributed by atoms with E-state index in [1.54, 1.807) is 0 Å². The number of nitrogens with zero attached hydrogens (tertiary/aromatic N) is 1. The largest absolute Gasteiger partial charge is 0.469 e. The van der Waals surface area contributed by atoms with Crippen LogP contribution in [-0.4, -0.2) is 35.0 Å². The number of amides is 1. The summed E-state index contributed by atoms with van der Waals surface area (Å²) in [5, 5.41) is 3.20. The van der Waals surface area contributed by atoms with E-state index in [2.05, 4.69) is 10.1 Å². The maximum atomic E-state index is 12.1. The number of esters is 1. The number of thiocarbonyl (C=S) groups is 1. The number of carbonyl (C=O) groups is 2. The van der Waals surface area contributed by atoms with Crippen LogP contribution in [-0.2, 0) is 20.9 Å². The maximum Gasteiger partial charge on any atom is 0.308 e. The van der Waals surface area contributed by atoms with Gasteiger partial charge in [0.25, 0.3) is 5.91 Å². The second-order valence-electron chi connectivity index (χ2n) is 4.19. The molecule has 1 aliphatic rings. The standard InChI is InChI=1S/C13H14N2O3S/c1-18-11(16)7-10-12(17)15(13(19)14-10)8-9-5-3-2-4-6-9/h2-6,10H,7-8H2,1H3,(H,14,19)/t10-/m0/s1. The Balaban J connectivity index is 2.04. The number of ether oxygens (including phenoxy) is 1. The molecule has 5 nitrogen and oxygen atoms in total. The highest BCUT2D eigenvalue weighted by Gasteiger charge is 2.36. The molecule has 0 saturated carbocycles. The van der Waals surface area contributed by atoms with Crippen LogP contribution in [0.3, 0.4) is 0 Å². The third kappa shape index (κ3) is 3.08. The molecule has 1 aromatic rings. The van der Waals surface area contributed by atoms with Gasteiger partial charge in [0.1, 0.15) is 6.04 Å². The Kier molecular flexibility index (Phi) is 4.11. The predicted molar refractivity (Wildman–Crippen MR) is 73.1 cm³/mol. The van der Waals surface area contributed by atoms with Gasteiger partial charge in [0.05, 0.1) is 20.1 Å². The SMILES string of the molecule is COC(=O)C[C@@H]1NC(=S)N(Cc2ccccc2)C1=O. The van der Waals surface area contributed by atoms with Gasteiger partial charge in [0.15, 0.2) is 5.11 Å². The van der Waals surface area contributed by atoms with Crippen LogP contribution < -0.4 is 5.32 Å². The van der Waals surface area contributed by atoms with Crippen LogP contribution in [0.15, 0.2) is 30.3 Å². The molecule has 0 unspecified atom stereocenters. The highest BCUT2D eigenvalue weighted by Crippen LogP contribution is 2.14. The highest BCUT2D eigenvalue weighted by molar-refractivity contribution is 7.80. The van der Waals surface area contributed by atoms with Crippen LogP contribution in [0, 0.1) is 0 Å². The quantitative estimate of drug-likeness (QED) is 0.653. The van der Waals surface area contributed by atoms with E-state index in [-0.39, 0.29) is 12.3 Å². The lowest BCUT2D eigenvalue weighted by atomic mass is 10.2. The zero-order chi connectivity index (χ0) is 13.8. The molecule has 1 N–H and O–H groups in total. The molecule has 1 fully saturated rings. The molecule has 0 bridgehead atoms. The molecule has 1 amide bonds. The molecule has 1 saturated heterocycles. The fourth-order valence-corrected chi connectivity index (χ4v) is 2.18. The van der Waals surface area contributed by atoms with Crippen LogP contribution in [0.4, 0.5) is 0 Å². The number of hydrogen-bond donors (Lipinski definition) is 1. The van der Waals surface area contributed by atoms with Gasteiger partial charge in [0.2, 0.25) is 0 Å². The summed E-state index contributed by atoms with van der Waals surface area (Å²) in [5.41, 5.74) is 0.985. The predicted octanol–water partition coefficient (Wildman–Crippen LogP) is 0.835. The van der Waals surface area contributed by atoms with E-state index in [1.165, 1.54) is 12.0 Å². The van der Waals surface area contributed by atoms with Crippen molar-refractivity contribution in [1.82, 2.24) is 10.2 Å². The molecule has 1 aromatic carbocycles. The van der Waals surface area contributed by atoms with Gasteiger partial charge in [-0.3, -0.25) is 14.5 Å². The molecule has 1 heterocycles. The van der Waals surface area contributed by atoms with Crippen molar-refractivity contribution < 1.29 is 14.3 Å². The second-order valence-corrected chi connectivity index (χ2v) is 4.58. The summed E-state index contributed by atoms with van der Waals surface area (Å²) in [7, 11) is 1.29. The molecule has 0 aliphatic carbocycles. The van der Waals surface area contributed by atoms with Gasteiger partial charge in [-0.15, -0.1) is 0 Å². The van der Waals surface area contributed by atoms with Crippen molar-refractivity contribution in [2.75, 3.05) is 7.11 Å². The third-order valence-corrected chi connectivity index (χ3v) is 3.23. The maximum absolute atomic E-state index is 12.1. The lowest BCUT2D eigenvalue weighted by Crippen LogP contribution is -2.32. The zero-order valence-electron chi connectivity index (χ0n) is 10.5. The van der Waals surface area contributed by atoms with Gasteiger partial charge in [0, 0.05) is 0 Å². The van der Waals surface area contributed by atoms with Crippen molar-refractivity contribution in [1.29, 1.82) is 0 Å². The molecular formula is C13H14N2O3S. The molecule has 0 spiro atoms. The van der Waals surface area contributed by atoms with Gasteiger partial charge in [-0.05, 0) is 17.8 Å². The van der Waals surface area contributed by atoms with Gasteiger partial charge in [-0.25, -0.2) is 0 Å². The normalized spacial score (nSPS) is 18.4. The van der Waals surface area contributed by atoms with Crippen LogP contribution in [0.2, 0.25) is 0 Å². The number of hydrogen-bond acceptors (Lipinski definition) is 4. The zero-order valence-corrected chi connectivity index (χ0v) is 11.3. The molecular weight excluding hydrogens is 264 g/mol. The summed E-state index contributed by atoms with van der Waals surface area (Å²) >= 11 is 5.12. The van der Waals surface area contributed by atoms with E-state index in [0.29, 0.717) is 11.7 Å². The van der Waals surface area contributed by atoms with Gasteiger partial charge in [-0.1, -0.05) is 30.3 Å². The van der Waals surface area contributed by atoms with Gasteiger partial charge < -0.3 is 10.1 Å². The minimum Gasteiger partial charge on any atom is -0.469 e. The van der Waals surface area contributed by atoms with Crippen molar-refractivity contribution in [2.24, 2.45) is 0 Å². The summed E-state index contributed by atoms with van der Waals surface area (Å²) in [5.74, 6) is -0.630. The van der Waals surface area contributed by atoms with Crippen molar-refractivity contribution in [3.8, 4) is 0 Å². The summed E-state index contributed by atoms with van der Waals surface area (Å²) in [4.78, 5) is 24.8. The number of carbonyl (C=O) groups excluding carboxylic acids is 2. The third-order valence-electron chi connectivity index (χ3n) is 2.89. The molecule has 0 radical (unpaired) electrons. The number of nitrogens with one attached hydrogen (secondary N) is 1. The molecule has 0 aromatic heterocycles. The van der Waals surface area contributed by atoms with Crippen LogP contribution in [0.5, 0.6) is 0 Å². The minimum atomic E-state index is -0.622. The Morgan fingerprint density at radius 2 is 2.11 bits per heavy atom. The summed E-state index contributed by atoms with van der Waals surface area (Å²) in [6.45, 7) is 0.406. The molecule has 19 heavy (non-hydrogen) atoms. The molecule has 2 rings (SSSR count). The van der Waals surface area contributed by atoms with E-state index < -0.39 is 12.0 Å². The lowest BCUT2D eigenvalue weighted by Gasteiger charge is -2.14. The number of methoxy groups -OCH3 is 1. The summed E-state index contributed by atoms with van der Waals surface area (Å²) in [6.07, 6.45) is -0.0131. The highest BCUT2D eigenvalue weighted by atomic mass is 32.1. The average molecular weight is 278 g/mol. The molecule has 1 aliphatic heterocycles. The van der Waals surface area contributed by atoms with E-state index in [0.717, 1.165) is 5.56 Å². The fourth-order valence-electron chi connectivity index (χ4n) is 1.88. The first-order valence-electron chi connectivity index (χ1n) is 5.84. The lowest BCUT2D eigenvalue weighted by molar-refractivity contribution is -0.143. The Bertz CT molecular complexity index is 504. The van der Waals surface area contributed by atoms with Gasteiger partial charge >= 0.3 is 5.97 Å². The monoisotopic (exact) mass is 278 g/mol. The first-order valence-corrected chi connectivity index (χ1v) is 6.25. The Labute approximate surface area is 116 Å². The Morgan fingerprint density at radius 3 is 2.74 bits per heavy atom. The van der Waals surface area contributed by atoms with Crippen LogP contribution in [0.1, 0.15) is 12.0 Å². The first-order chi connectivity index (χ1) is 9.11. The van der Waals surface area contributed by atoms with Crippen LogP contribution >= 0.6 is 12.2 Å². The van der Waals surface area contributed by atoms with Crippen molar-refractivity contribution >= 4 is 29.2 Å². The second kappa shape index (κ2) is 5.79. The summed E-state index contributed by atoms with van der Waals surface area (Å²) < 4.78 is 4.56. The topological polar surface area (TPSA) is 58.6 Å². The average Bonchev–Trinajstić information content (AvgIpc) is 2.67. The van der Waals surface area contributed by atoms with Crippen molar-refractivity contribution in [3.05, 3.63) is 35.9 Å². The number of benzene rings is 1. The van der Waals surface area contributed by atoms with E-state index in [9.17, 15) is 9.59 Å². The van der Waals surface area contributed by atoms with Crippen molar-refractivity contribution in [2.45, 2.75) is 19.0 Å². The first kappa shape index (κ1) is 13.5. The van der Waals surface area contributed by atoms with E-state index in [1.807, 2.05) is 30.3 Å². The van der Waals surface area contributed by atoms with E-state index in [4.69, 9.17) is 12.2 Å². The molecule has 100 valence electrons. The van der Waals surface area contributed by atoms with Gasteiger partial charge in [-0.2, -0.15) is 0 Å². The van der Waals surface area contributed by atoms with Crippen molar-refractivity contribution in [3.63, 3.8) is 0 Å². The van der Waals surface area contributed by atoms with Crippen LogP contribution in [0.25, 0.3) is 0 Å². The fraction of sp³-hybridized carbons (Fsp3) is 0.308. The summed E-state index contributed by atoms with van der Waals surface area (Å²) in [6, 6.07) is 8.93. The van der Waals surface area contributed by atoms with E-state index >= 15 is 0 Å².